The molecule has 150 valence electrons. The van der Waals surface area contributed by atoms with Crippen LogP contribution in [-0.2, 0) is 6.42 Å². The number of hydrogen-bond donors (Lipinski definition) is 2. The van der Waals surface area contributed by atoms with Gasteiger partial charge >= 0.3 is 5.69 Å². The minimum absolute atomic E-state index is 0.0898. The van der Waals surface area contributed by atoms with Crippen molar-refractivity contribution in [1.29, 1.82) is 0 Å². The maximum absolute atomic E-state index is 11.7. The average molecular weight is 412 g/mol. The average Bonchev–Trinajstić information content (AvgIpc) is 2.70. The second kappa shape index (κ2) is 9.34. The molecule has 2 N–H and O–H groups in total. The Bertz CT molecular complexity index is 1010. The lowest BCUT2D eigenvalue weighted by Crippen LogP contribution is -2.05. The van der Waals surface area contributed by atoms with Crippen LogP contribution in [0.3, 0.4) is 0 Å². The zero-order valence-electron chi connectivity index (χ0n) is 16.3. The van der Waals surface area contributed by atoms with Gasteiger partial charge < -0.3 is 10.6 Å². The van der Waals surface area contributed by atoms with E-state index in [2.05, 4.69) is 27.5 Å². The monoisotopic (exact) mass is 411 g/mol. The first-order chi connectivity index (χ1) is 14.0. The van der Waals surface area contributed by atoms with E-state index < -0.39 is 4.92 Å². The van der Waals surface area contributed by atoms with Crippen LogP contribution in [0.2, 0.25) is 5.02 Å². The van der Waals surface area contributed by atoms with Crippen molar-refractivity contribution in [1.82, 2.24) is 9.97 Å². The molecule has 0 bridgehead atoms. The number of aromatic nitrogens is 2. The number of aryl methyl sites for hydroxylation is 2. The van der Waals surface area contributed by atoms with Crippen molar-refractivity contribution < 1.29 is 4.92 Å². The topological polar surface area (TPSA) is 93.0 Å². The smallest absolute Gasteiger partial charge is 0.334 e. The number of rotatable bonds is 8. The molecule has 0 saturated carbocycles. The van der Waals surface area contributed by atoms with Crippen molar-refractivity contribution in [2.24, 2.45) is 0 Å². The summed E-state index contributed by atoms with van der Waals surface area (Å²) in [5.74, 6) is 0.207. The molecule has 0 fully saturated rings. The van der Waals surface area contributed by atoms with Gasteiger partial charge in [0.2, 0.25) is 11.6 Å². The maximum atomic E-state index is 11.7. The fraction of sp³-hybridized carbons (Fsp3) is 0.238. The number of nitrogens with one attached hydrogen (secondary N) is 2. The Kier molecular flexibility index (Phi) is 6.61. The van der Waals surface area contributed by atoms with Crippen molar-refractivity contribution in [3.05, 3.63) is 75.1 Å². The number of hydrogen-bond acceptors (Lipinski definition) is 6. The largest absolute Gasteiger partial charge is 0.353 e. The van der Waals surface area contributed by atoms with Gasteiger partial charge in [0.1, 0.15) is 6.33 Å². The summed E-state index contributed by atoms with van der Waals surface area (Å²) in [5.41, 5.74) is 3.23. The van der Waals surface area contributed by atoms with Crippen LogP contribution in [0.4, 0.5) is 28.7 Å². The molecule has 0 aliphatic heterocycles. The molecule has 7 nitrogen and oxygen atoms in total. The third-order valence-corrected chi connectivity index (χ3v) is 4.88. The van der Waals surface area contributed by atoms with E-state index in [4.69, 9.17) is 11.6 Å². The molecule has 0 aliphatic rings. The van der Waals surface area contributed by atoms with E-state index >= 15 is 0 Å². The summed E-state index contributed by atoms with van der Waals surface area (Å²) in [5, 5.41) is 18.3. The molecule has 0 amide bonds. The molecule has 1 heterocycles. The van der Waals surface area contributed by atoms with Crippen LogP contribution in [-0.4, -0.2) is 14.9 Å². The predicted octanol–water partition coefficient (Wildman–Crippen LogP) is 6.18. The van der Waals surface area contributed by atoms with Gasteiger partial charge in [-0.15, -0.1) is 0 Å². The summed E-state index contributed by atoms with van der Waals surface area (Å²) in [7, 11) is 0. The zero-order valence-corrected chi connectivity index (χ0v) is 17.0. The molecule has 2 aromatic carbocycles. The number of benzene rings is 2. The first-order valence-electron chi connectivity index (χ1n) is 9.36. The lowest BCUT2D eigenvalue weighted by atomic mass is 10.1. The molecule has 0 atom stereocenters. The van der Waals surface area contributed by atoms with Crippen LogP contribution in [0, 0.1) is 17.0 Å². The first-order valence-corrected chi connectivity index (χ1v) is 9.74. The van der Waals surface area contributed by atoms with E-state index in [-0.39, 0.29) is 17.3 Å². The summed E-state index contributed by atoms with van der Waals surface area (Å²) in [6.45, 7) is 4.04. The molecule has 29 heavy (non-hydrogen) atoms. The van der Waals surface area contributed by atoms with Gasteiger partial charge in [-0.3, -0.25) is 10.1 Å². The number of nitrogens with zero attached hydrogens (tertiary/aromatic N) is 3. The van der Waals surface area contributed by atoms with Gasteiger partial charge in [0.05, 0.1) is 4.92 Å². The Hall–Kier alpha value is -3.19. The summed E-state index contributed by atoms with van der Waals surface area (Å²) < 4.78 is 0. The van der Waals surface area contributed by atoms with Gasteiger partial charge in [0.25, 0.3) is 0 Å². The van der Waals surface area contributed by atoms with Crippen molar-refractivity contribution in [2.45, 2.75) is 33.1 Å². The maximum Gasteiger partial charge on any atom is 0.353 e. The van der Waals surface area contributed by atoms with Crippen molar-refractivity contribution in [3.63, 3.8) is 0 Å². The van der Waals surface area contributed by atoms with E-state index in [1.165, 1.54) is 11.9 Å². The summed E-state index contributed by atoms with van der Waals surface area (Å²) in [4.78, 5) is 19.4. The molecule has 0 spiro atoms. The minimum Gasteiger partial charge on any atom is -0.334 e. The Balaban J connectivity index is 1.86. The van der Waals surface area contributed by atoms with E-state index in [1.54, 1.807) is 12.1 Å². The second-order valence-electron chi connectivity index (χ2n) is 6.69. The van der Waals surface area contributed by atoms with Crippen LogP contribution in [0.15, 0.2) is 48.8 Å². The molecule has 0 unspecified atom stereocenters. The Morgan fingerprint density at radius 3 is 2.24 bits per heavy atom. The molecule has 3 rings (SSSR count). The summed E-state index contributed by atoms with van der Waals surface area (Å²) in [6.07, 6.45) is 4.55. The third kappa shape index (κ3) is 5.20. The van der Waals surface area contributed by atoms with Gasteiger partial charge in [-0.2, -0.15) is 0 Å². The Morgan fingerprint density at radius 2 is 1.66 bits per heavy atom. The highest BCUT2D eigenvalue weighted by atomic mass is 35.5. The van der Waals surface area contributed by atoms with Crippen molar-refractivity contribution in [2.75, 3.05) is 10.6 Å². The minimum atomic E-state index is -0.504. The number of unbranched alkanes of at least 4 members (excludes halogenated alkanes) is 1. The van der Waals surface area contributed by atoms with Crippen molar-refractivity contribution in [3.8, 4) is 0 Å². The third-order valence-electron chi connectivity index (χ3n) is 4.48. The van der Waals surface area contributed by atoms with E-state index in [1.807, 2.05) is 37.3 Å². The Morgan fingerprint density at radius 1 is 1.03 bits per heavy atom. The van der Waals surface area contributed by atoms with Gasteiger partial charge in [-0.25, -0.2) is 9.97 Å². The van der Waals surface area contributed by atoms with E-state index in [0.717, 1.165) is 30.5 Å². The van der Waals surface area contributed by atoms with Crippen LogP contribution < -0.4 is 10.6 Å². The highest BCUT2D eigenvalue weighted by molar-refractivity contribution is 6.31. The normalized spacial score (nSPS) is 10.6. The summed E-state index contributed by atoms with van der Waals surface area (Å²) >= 11 is 6.15. The van der Waals surface area contributed by atoms with Crippen molar-refractivity contribution >= 4 is 40.3 Å². The van der Waals surface area contributed by atoms with Gasteiger partial charge in [-0.1, -0.05) is 43.1 Å². The molecule has 0 radical (unpaired) electrons. The number of anilines is 4. The highest BCUT2D eigenvalue weighted by Gasteiger charge is 2.23. The second-order valence-corrected chi connectivity index (χ2v) is 7.10. The fourth-order valence-corrected chi connectivity index (χ4v) is 2.99. The molecule has 0 saturated heterocycles. The number of halogens is 1. The van der Waals surface area contributed by atoms with Crippen LogP contribution in [0.1, 0.15) is 30.9 Å². The van der Waals surface area contributed by atoms with Gasteiger partial charge in [0.15, 0.2) is 0 Å². The highest BCUT2D eigenvalue weighted by Crippen LogP contribution is 2.33. The lowest BCUT2D eigenvalue weighted by molar-refractivity contribution is -0.383. The van der Waals surface area contributed by atoms with E-state index in [0.29, 0.717) is 10.7 Å². The molecular weight excluding hydrogens is 390 g/mol. The molecule has 1 aromatic heterocycles. The first kappa shape index (κ1) is 20.5. The Labute approximate surface area is 174 Å². The van der Waals surface area contributed by atoms with Gasteiger partial charge in [-0.05, 0) is 55.2 Å². The van der Waals surface area contributed by atoms with Crippen LogP contribution in [0.5, 0.6) is 0 Å². The molecule has 3 aromatic rings. The molecular formula is C21H22ClN5O2. The SMILES string of the molecule is CCCCc1ccc(Nc2ncnc(Nc3ccc(C)c(Cl)c3)c2[N+](=O)[O-])cc1. The van der Waals surface area contributed by atoms with E-state index in [9.17, 15) is 10.1 Å². The predicted molar refractivity (Wildman–Crippen MR) is 116 cm³/mol. The van der Waals surface area contributed by atoms with Crippen LogP contribution >= 0.6 is 11.6 Å². The quantitative estimate of drug-likeness (QED) is 0.339. The van der Waals surface area contributed by atoms with Gasteiger partial charge in [0, 0.05) is 16.4 Å². The number of nitro groups is 1. The van der Waals surface area contributed by atoms with Crippen LogP contribution in [0.25, 0.3) is 0 Å². The summed E-state index contributed by atoms with van der Waals surface area (Å²) in [6, 6.07) is 13.1. The zero-order chi connectivity index (χ0) is 20.8. The molecule has 8 heteroatoms. The fourth-order valence-electron chi connectivity index (χ4n) is 2.81. The molecule has 0 aliphatic carbocycles. The standard InChI is InChI=1S/C21H22ClN5O2/c1-3-4-5-15-7-10-16(11-8-15)25-20-19(27(28)29)21(24-13-23-20)26-17-9-6-14(2)18(22)12-17/h6-13H,3-5H2,1-2H3,(H2,23,24,25,26). The lowest BCUT2D eigenvalue weighted by Gasteiger charge is -2.11.